The van der Waals surface area contributed by atoms with Crippen LogP contribution in [0.25, 0.3) is 0 Å². The molecule has 2 N–H and O–H groups in total. The van der Waals surface area contributed by atoms with Crippen LogP contribution in [0, 0.1) is 0 Å². The summed E-state index contributed by atoms with van der Waals surface area (Å²) in [4.78, 5) is 2.36. The van der Waals surface area contributed by atoms with Crippen LogP contribution in [-0.4, -0.2) is 53.6 Å². The summed E-state index contributed by atoms with van der Waals surface area (Å²) >= 11 is 0. The number of rotatable bonds is 6. The van der Waals surface area contributed by atoms with Gasteiger partial charge in [0.2, 0.25) is 0 Å². The number of likely N-dealkylation sites (tertiary alicyclic amines) is 1. The topological polar surface area (TPSA) is 52.9 Å². The Kier molecular flexibility index (Phi) is 5.34. The molecule has 1 fully saturated rings. The molecule has 4 heteroatoms. The molecule has 1 aliphatic rings. The van der Waals surface area contributed by atoms with Crippen molar-refractivity contribution < 1.29 is 14.9 Å². The molecular formula is C15H23NO3. The second kappa shape index (κ2) is 7.01. The minimum Gasteiger partial charge on any atom is -0.394 e. The molecule has 0 spiro atoms. The highest BCUT2D eigenvalue weighted by atomic mass is 16.5. The third-order valence-electron chi connectivity index (χ3n) is 3.64. The van der Waals surface area contributed by atoms with Crippen molar-refractivity contribution in [2.45, 2.75) is 25.0 Å². The van der Waals surface area contributed by atoms with Gasteiger partial charge in [0, 0.05) is 19.6 Å². The molecule has 1 aromatic rings. The van der Waals surface area contributed by atoms with E-state index in [0.29, 0.717) is 13.2 Å². The van der Waals surface area contributed by atoms with Gasteiger partial charge in [-0.25, -0.2) is 0 Å². The first-order valence-corrected chi connectivity index (χ1v) is 6.89. The van der Waals surface area contributed by atoms with Crippen molar-refractivity contribution in [3.8, 4) is 0 Å². The summed E-state index contributed by atoms with van der Waals surface area (Å²) in [6, 6.07) is 10.4. The van der Waals surface area contributed by atoms with Crippen LogP contribution in [0.5, 0.6) is 0 Å². The third-order valence-corrected chi connectivity index (χ3v) is 3.64. The van der Waals surface area contributed by atoms with E-state index < -0.39 is 5.60 Å². The van der Waals surface area contributed by atoms with Gasteiger partial charge in [-0.2, -0.15) is 0 Å². The molecule has 0 bridgehead atoms. The van der Waals surface area contributed by atoms with Crippen LogP contribution in [-0.2, 0) is 11.3 Å². The van der Waals surface area contributed by atoms with Crippen LogP contribution in [0.3, 0.4) is 0 Å². The minimum atomic E-state index is -0.720. The summed E-state index contributed by atoms with van der Waals surface area (Å²) in [5.41, 5.74) is 0.590. The van der Waals surface area contributed by atoms with E-state index in [1.807, 2.05) is 6.07 Å². The van der Waals surface area contributed by atoms with E-state index in [1.54, 1.807) is 0 Å². The molecule has 1 heterocycles. The van der Waals surface area contributed by atoms with Gasteiger partial charge in [0.25, 0.3) is 0 Å². The van der Waals surface area contributed by atoms with Crippen molar-refractivity contribution in [3.05, 3.63) is 35.9 Å². The Bertz CT molecular complexity index is 361. The zero-order chi connectivity index (χ0) is 13.6. The Morgan fingerprint density at radius 1 is 1.16 bits per heavy atom. The highest BCUT2D eigenvalue weighted by Crippen LogP contribution is 2.23. The number of aliphatic hydroxyl groups excluding tert-OH is 1. The molecular weight excluding hydrogens is 242 g/mol. The minimum absolute atomic E-state index is 0.0101. The van der Waals surface area contributed by atoms with Crippen molar-refractivity contribution in [1.82, 2.24) is 4.90 Å². The highest BCUT2D eigenvalue weighted by molar-refractivity contribution is 5.14. The zero-order valence-electron chi connectivity index (χ0n) is 11.3. The van der Waals surface area contributed by atoms with Crippen LogP contribution in [0.2, 0.25) is 0 Å². The molecule has 19 heavy (non-hydrogen) atoms. The van der Waals surface area contributed by atoms with E-state index in [2.05, 4.69) is 29.2 Å². The first-order chi connectivity index (χ1) is 9.22. The van der Waals surface area contributed by atoms with Crippen molar-refractivity contribution in [2.75, 3.05) is 32.9 Å². The van der Waals surface area contributed by atoms with Crippen molar-refractivity contribution in [1.29, 1.82) is 0 Å². The fraction of sp³-hybridized carbons (Fsp3) is 0.600. The molecule has 0 radical (unpaired) electrons. The molecule has 0 saturated carbocycles. The van der Waals surface area contributed by atoms with Gasteiger partial charge in [0.15, 0.2) is 0 Å². The summed E-state index contributed by atoms with van der Waals surface area (Å²) in [6.45, 7) is 3.34. The maximum atomic E-state index is 10.3. The largest absolute Gasteiger partial charge is 0.394 e. The van der Waals surface area contributed by atoms with Crippen LogP contribution in [0.4, 0.5) is 0 Å². The summed E-state index contributed by atoms with van der Waals surface area (Å²) in [6.07, 6.45) is 1.45. The first kappa shape index (κ1) is 14.5. The average molecular weight is 265 g/mol. The molecule has 1 aliphatic heterocycles. The average Bonchev–Trinajstić information content (AvgIpc) is 2.43. The van der Waals surface area contributed by atoms with Gasteiger partial charge in [0.1, 0.15) is 0 Å². The van der Waals surface area contributed by atoms with Gasteiger partial charge in [0.05, 0.1) is 25.4 Å². The van der Waals surface area contributed by atoms with Gasteiger partial charge in [-0.15, -0.1) is 0 Å². The Hall–Kier alpha value is -0.940. The number of ether oxygens (including phenoxy) is 1. The van der Waals surface area contributed by atoms with Gasteiger partial charge >= 0.3 is 0 Å². The molecule has 1 aromatic carbocycles. The predicted molar refractivity (Wildman–Crippen MR) is 73.8 cm³/mol. The molecule has 2 rings (SSSR count). The van der Waals surface area contributed by atoms with Crippen LogP contribution in [0.15, 0.2) is 30.3 Å². The maximum Gasteiger partial charge on any atom is 0.0904 e. The van der Waals surface area contributed by atoms with E-state index in [4.69, 9.17) is 9.84 Å². The van der Waals surface area contributed by atoms with Crippen LogP contribution >= 0.6 is 0 Å². The van der Waals surface area contributed by atoms with Crippen LogP contribution < -0.4 is 0 Å². The molecule has 0 aliphatic carbocycles. The maximum absolute atomic E-state index is 10.3. The van der Waals surface area contributed by atoms with E-state index >= 15 is 0 Å². The number of piperidine rings is 1. The molecule has 106 valence electrons. The van der Waals surface area contributed by atoms with E-state index in [1.165, 1.54) is 5.56 Å². The molecule has 0 aromatic heterocycles. The fourth-order valence-electron chi connectivity index (χ4n) is 2.44. The Balaban J connectivity index is 1.75. The lowest BCUT2D eigenvalue weighted by atomic mass is 9.92. The summed E-state index contributed by atoms with van der Waals surface area (Å²) in [5.74, 6) is 0. The number of aliphatic hydroxyl groups is 2. The lowest BCUT2D eigenvalue weighted by Crippen LogP contribution is -2.46. The second-order valence-corrected chi connectivity index (χ2v) is 5.26. The molecule has 0 amide bonds. The van der Waals surface area contributed by atoms with Gasteiger partial charge < -0.3 is 14.9 Å². The molecule has 1 saturated heterocycles. The predicted octanol–water partition coefficient (Wildman–Crippen LogP) is 1.02. The van der Waals surface area contributed by atoms with Gasteiger partial charge in [-0.3, -0.25) is 4.90 Å². The van der Waals surface area contributed by atoms with E-state index in [0.717, 1.165) is 32.5 Å². The number of benzene rings is 1. The number of nitrogens with zero attached hydrogens (tertiary/aromatic N) is 1. The smallest absolute Gasteiger partial charge is 0.0904 e. The number of hydrogen-bond acceptors (Lipinski definition) is 4. The lowest BCUT2D eigenvalue weighted by molar-refractivity contribution is -0.0861. The molecule has 0 unspecified atom stereocenters. The van der Waals surface area contributed by atoms with E-state index in [9.17, 15) is 5.11 Å². The van der Waals surface area contributed by atoms with Crippen molar-refractivity contribution in [2.24, 2.45) is 0 Å². The Labute approximate surface area is 114 Å². The standard InChI is InChI=1S/C15H23NO3/c17-10-11-19-13-15(18)6-8-16(9-7-15)12-14-4-2-1-3-5-14/h1-5,17-18H,6-13H2. The van der Waals surface area contributed by atoms with Crippen LogP contribution in [0.1, 0.15) is 18.4 Å². The first-order valence-electron chi connectivity index (χ1n) is 6.89. The normalized spacial score (nSPS) is 19.5. The molecule has 0 atom stereocenters. The third kappa shape index (κ3) is 4.58. The van der Waals surface area contributed by atoms with E-state index in [-0.39, 0.29) is 6.61 Å². The Morgan fingerprint density at radius 3 is 2.47 bits per heavy atom. The highest BCUT2D eigenvalue weighted by Gasteiger charge is 2.32. The second-order valence-electron chi connectivity index (χ2n) is 5.26. The summed E-state index contributed by atoms with van der Waals surface area (Å²) in [5, 5.41) is 19.0. The van der Waals surface area contributed by atoms with Crippen molar-refractivity contribution in [3.63, 3.8) is 0 Å². The molecule has 4 nitrogen and oxygen atoms in total. The monoisotopic (exact) mass is 265 g/mol. The number of hydrogen-bond donors (Lipinski definition) is 2. The summed E-state index contributed by atoms with van der Waals surface area (Å²) in [7, 11) is 0. The summed E-state index contributed by atoms with van der Waals surface area (Å²) < 4.78 is 5.26. The SMILES string of the molecule is OCCOCC1(O)CCN(Cc2ccccc2)CC1. The Morgan fingerprint density at radius 2 is 1.84 bits per heavy atom. The van der Waals surface area contributed by atoms with Gasteiger partial charge in [-0.1, -0.05) is 30.3 Å². The van der Waals surface area contributed by atoms with Gasteiger partial charge in [-0.05, 0) is 18.4 Å². The zero-order valence-corrected chi connectivity index (χ0v) is 11.3. The lowest BCUT2D eigenvalue weighted by Gasteiger charge is -2.38. The fourth-order valence-corrected chi connectivity index (χ4v) is 2.44. The quantitative estimate of drug-likeness (QED) is 0.754. The van der Waals surface area contributed by atoms with Crippen molar-refractivity contribution >= 4 is 0 Å².